The van der Waals surface area contributed by atoms with Crippen molar-refractivity contribution in [3.05, 3.63) is 54.4 Å². The largest absolute Gasteiger partial charge is 0.336 e. The number of rotatable bonds is 3. The molecule has 1 amide bonds. The molecule has 1 aliphatic rings. The number of aryl methyl sites for hydroxylation is 1. The van der Waals surface area contributed by atoms with Gasteiger partial charge in [0, 0.05) is 26.1 Å². The van der Waals surface area contributed by atoms with Crippen LogP contribution < -0.4 is 0 Å². The van der Waals surface area contributed by atoms with Crippen LogP contribution in [0.4, 0.5) is 0 Å². The van der Waals surface area contributed by atoms with E-state index in [1.807, 2.05) is 46.8 Å². The zero-order chi connectivity index (χ0) is 17.2. The van der Waals surface area contributed by atoms with E-state index in [-0.39, 0.29) is 11.8 Å². The van der Waals surface area contributed by atoms with Gasteiger partial charge in [-0.2, -0.15) is 0 Å². The Labute approximate surface area is 145 Å². The molecule has 1 atom stereocenters. The first-order valence-electron chi connectivity index (χ1n) is 8.33. The Hall–Kier alpha value is -3.03. The Bertz CT molecular complexity index is 870. The Kier molecular flexibility index (Phi) is 4.01. The zero-order valence-corrected chi connectivity index (χ0v) is 14.0. The molecule has 0 spiro atoms. The van der Waals surface area contributed by atoms with Crippen LogP contribution in [0.5, 0.6) is 0 Å². The predicted molar refractivity (Wildman–Crippen MR) is 90.2 cm³/mol. The van der Waals surface area contributed by atoms with Crippen LogP contribution in [0.1, 0.15) is 35.1 Å². The van der Waals surface area contributed by atoms with E-state index >= 15 is 0 Å². The molecule has 0 bridgehead atoms. The van der Waals surface area contributed by atoms with Crippen molar-refractivity contribution >= 4 is 5.91 Å². The van der Waals surface area contributed by atoms with Gasteiger partial charge in [-0.15, -0.1) is 15.3 Å². The Balaban J connectivity index is 1.51. The number of para-hydroxylation sites is 1. The van der Waals surface area contributed by atoms with Crippen molar-refractivity contribution in [1.29, 1.82) is 0 Å². The summed E-state index contributed by atoms with van der Waals surface area (Å²) in [4.78, 5) is 14.6. The van der Waals surface area contributed by atoms with E-state index in [0.717, 1.165) is 30.9 Å². The number of carbonyl (C=O) groups is 1. The van der Waals surface area contributed by atoms with Gasteiger partial charge in [0.1, 0.15) is 12.2 Å². The lowest BCUT2D eigenvalue weighted by atomic mass is 9.97. The van der Waals surface area contributed by atoms with Crippen molar-refractivity contribution in [3.8, 4) is 5.69 Å². The number of benzene rings is 1. The highest BCUT2D eigenvalue weighted by atomic mass is 16.2. The third-order valence-electron chi connectivity index (χ3n) is 4.55. The first-order chi connectivity index (χ1) is 12.2. The summed E-state index contributed by atoms with van der Waals surface area (Å²) in [5.74, 6) is 1.04. The third-order valence-corrected chi connectivity index (χ3v) is 4.55. The van der Waals surface area contributed by atoms with Crippen molar-refractivity contribution in [2.45, 2.75) is 18.8 Å². The van der Waals surface area contributed by atoms with Gasteiger partial charge in [0.05, 0.1) is 11.9 Å². The molecule has 0 unspecified atom stereocenters. The van der Waals surface area contributed by atoms with E-state index in [1.54, 1.807) is 17.2 Å². The minimum absolute atomic E-state index is 0.0888. The van der Waals surface area contributed by atoms with Crippen LogP contribution in [-0.2, 0) is 7.05 Å². The number of carbonyl (C=O) groups excluding carboxylic acids is 1. The van der Waals surface area contributed by atoms with E-state index in [2.05, 4.69) is 20.5 Å². The molecule has 3 heterocycles. The Morgan fingerprint density at radius 3 is 2.80 bits per heavy atom. The second-order valence-electron chi connectivity index (χ2n) is 6.27. The summed E-state index contributed by atoms with van der Waals surface area (Å²) in [6.45, 7) is 1.36. The van der Waals surface area contributed by atoms with Crippen LogP contribution in [0, 0.1) is 0 Å². The summed E-state index contributed by atoms with van der Waals surface area (Å²) in [7, 11) is 1.93. The maximum absolute atomic E-state index is 12.8. The first-order valence-corrected chi connectivity index (χ1v) is 8.33. The lowest BCUT2D eigenvalue weighted by Crippen LogP contribution is -2.39. The molecular formula is C17H19N7O. The van der Waals surface area contributed by atoms with Gasteiger partial charge in [-0.1, -0.05) is 23.4 Å². The van der Waals surface area contributed by atoms with Gasteiger partial charge < -0.3 is 9.47 Å². The third kappa shape index (κ3) is 3.02. The molecule has 0 radical (unpaired) electrons. The van der Waals surface area contributed by atoms with Gasteiger partial charge in [0.2, 0.25) is 0 Å². The Morgan fingerprint density at radius 2 is 2.04 bits per heavy atom. The second kappa shape index (κ2) is 6.46. The van der Waals surface area contributed by atoms with E-state index in [9.17, 15) is 4.79 Å². The zero-order valence-electron chi connectivity index (χ0n) is 14.0. The van der Waals surface area contributed by atoms with Crippen LogP contribution in [0.25, 0.3) is 5.69 Å². The number of nitrogens with zero attached hydrogens (tertiary/aromatic N) is 7. The molecule has 1 aliphatic heterocycles. The van der Waals surface area contributed by atoms with Gasteiger partial charge >= 0.3 is 0 Å². The summed E-state index contributed by atoms with van der Waals surface area (Å²) in [6.07, 6.45) is 5.33. The quantitative estimate of drug-likeness (QED) is 0.722. The highest BCUT2D eigenvalue weighted by Gasteiger charge is 2.29. The number of likely N-dealkylation sites (tertiary alicyclic amines) is 1. The fourth-order valence-electron chi connectivity index (χ4n) is 3.26. The molecule has 8 heteroatoms. The number of amides is 1. The molecule has 1 saturated heterocycles. The van der Waals surface area contributed by atoms with Crippen molar-refractivity contribution < 1.29 is 4.79 Å². The maximum atomic E-state index is 12.8. The average Bonchev–Trinajstić information content (AvgIpc) is 3.31. The molecule has 8 nitrogen and oxygen atoms in total. The fraction of sp³-hybridized carbons (Fsp3) is 0.353. The van der Waals surface area contributed by atoms with Crippen LogP contribution in [0.2, 0.25) is 0 Å². The van der Waals surface area contributed by atoms with Crippen LogP contribution in [-0.4, -0.2) is 53.7 Å². The average molecular weight is 337 g/mol. The van der Waals surface area contributed by atoms with E-state index < -0.39 is 0 Å². The standard InChI is InChI=1S/C17H19N7O/c1-22-12-18-20-16(22)13-6-5-9-23(10-13)17(25)15-11-24(21-19-15)14-7-3-2-4-8-14/h2-4,7-8,11-13H,5-6,9-10H2,1H3/t13-/m1/s1. The SMILES string of the molecule is Cn1cnnc1[C@@H]1CCCN(C(=O)c2cn(-c3ccccc3)nn2)C1. The van der Waals surface area contributed by atoms with Crippen LogP contribution in [0.3, 0.4) is 0 Å². The maximum Gasteiger partial charge on any atom is 0.276 e. The summed E-state index contributed by atoms with van der Waals surface area (Å²) < 4.78 is 3.54. The smallest absolute Gasteiger partial charge is 0.276 e. The summed E-state index contributed by atoms with van der Waals surface area (Å²) >= 11 is 0. The molecule has 2 aromatic heterocycles. The summed E-state index contributed by atoms with van der Waals surface area (Å²) in [6, 6.07) is 9.64. The number of piperidine rings is 1. The van der Waals surface area contributed by atoms with E-state index in [4.69, 9.17) is 0 Å². The number of hydrogen-bond acceptors (Lipinski definition) is 5. The summed E-state index contributed by atoms with van der Waals surface area (Å²) in [5, 5.41) is 16.3. The van der Waals surface area contributed by atoms with Gasteiger partial charge in [-0.25, -0.2) is 4.68 Å². The summed E-state index contributed by atoms with van der Waals surface area (Å²) in [5.41, 5.74) is 1.24. The van der Waals surface area contributed by atoms with Crippen molar-refractivity contribution in [2.24, 2.45) is 7.05 Å². The molecule has 0 saturated carbocycles. The topological polar surface area (TPSA) is 81.7 Å². The second-order valence-corrected chi connectivity index (χ2v) is 6.27. The molecule has 25 heavy (non-hydrogen) atoms. The van der Waals surface area contributed by atoms with Crippen LogP contribution >= 0.6 is 0 Å². The minimum Gasteiger partial charge on any atom is -0.336 e. The molecule has 1 aromatic carbocycles. The molecule has 0 aliphatic carbocycles. The van der Waals surface area contributed by atoms with E-state index in [0.29, 0.717) is 12.2 Å². The molecule has 1 fully saturated rings. The van der Waals surface area contributed by atoms with Crippen molar-refractivity contribution in [2.75, 3.05) is 13.1 Å². The van der Waals surface area contributed by atoms with Gasteiger partial charge in [0.15, 0.2) is 5.69 Å². The monoisotopic (exact) mass is 337 g/mol. The van der Waals surface area contributed by atoms with Crippen LogP contribution in [0.15, 0.2) is 42.9 Å². The predicted octanol–water partition coefficient (Wildman–Crippen LogP) is 1.42. The normalized spacial score (nSPS) is 17.6. The lowest BCUT2D eigenvalue weighted by Gasteiger charge is -2.31. The minimum atomic E-state index is -0.0888. The molecule has 0 N–H and O–H groups in total. The van der Waals surface area contributed by atoms with Crippen molar-refractivity contribution in [1.82, 2.24) is 34.7 Å². The molecular weight excluding hydrogens is 318 g/mol. The highest BCUT2D eigenvalue weighted by Crippen LogP contribution is 2.25. The van der Waals surface area contributed by atoms with Crippen molar-refractivity contribution in [3.63, 3.8) is 0 Å². The number of hydrogen-bond donors (Lipinski definition) is 0. The molecule has 4 rings (SSSR count). The fourth-order valence-corrected chi connectivity index (χ4v) is 3.26. The van der Waals surface area contributed by atoms with Gasteiger partial charge in [-0.05, 0) is 25.0 Å². The molecule has 128 valence electrons. The van der Waals surface area contributed by atoms with E-state index in [1.165, 1.54) is 0 Å². The number of aromatic nitrogens is 6. The highest BCUT2D eigenvalue weighted by molar-refractivity contribution is 5.92. The van der Waals surface area contributed by atoms with Gasteiger partial charge in [-0.3, -0.25) is 4.79 Å². The first kappa shape index (κ1) is 15.5. The van der Waals surface area contributed by atoms with Gasteiger partial charge in [0.25, 0.3) is 5.91 Å². The Morgan fingerprint density at radius 1 is 1.20 bits per heavy atom. The molecule has 3 aromatic rings. The lowest BCUT2D eigenvalue weighted by molar-refractivity contribution is 0.0697.